The number of fused-ring (bicyclic) bond motifs is 6. The highest BCUT2D eigenvalue weighted by molar-refractivity contribution is 9.10. The Kier molecular flexibility index (Phi) is 17.9. The first-order chi connectivity index (χ1) is 50.3. The SMILES string of the molecule is Brc1ccc(-c2nc(-c3ccccc3)nc(-c3ccccc3)n2)cc1.OB(O)c1ccc2c(c1)C(c1ccccc1)(c1ccccc1)c1ccccc1-2.c1ccc(-c2nc(-c3ccccc3)nc(-c3ccc(-c4ccc5c(c4)C(c4ccccc4)(c4ccccc4)c4ccccc4-5)cc3)n2)cc1. The Morgan fingerprint density at radius 1 is 0.216 bits per heavy atom. The van der Waals surface area contributed by atoms with Crippen molar-refractivity contribution in [2.75, 3.05) is 0 Å². The molecule has 484 valence electrons. The molecule has 2 aromatic heterocycles. The zero-order chi connectivity index (χ0) is 68.8. The molecule has 0 saturated carbocycles. The normalized spacial score (nSPS) is 12.4. The fourth-order valence-electron chi connectivity index (χ4n) is 14.5. The van der Waals surface area contributed by atoms with Crippen LogP contribution in [0.25, 0.3) is 102 Å². The summed E-state index contributed by atoms with van der Waals surface area (Å²) in [5.74, 6) is 3.98. The van der Waals surface area contributed by atoms with Gasteiger partial charge in [0.15, 0.2) is 34.9 Å². The lowest BCUT2D eigenvalue weighted by atomic mass is 9.66. The van der Waals surface area contributed by atoms with Gasteiger partial charge < -0.3 is 10.0 Å². The quantitative estimate of drug-likeness (QED) is 0.116. The third-order valence-corrected chi connectivity index (χ3v) is 19.7. The van der Waals surface area contributed by atoms with Crippen molar-refractivity contribution in [3.63, 3.8) is 0 Å². The number of halogens is 1. The maximum absolute atomic E-state index is 9.84. The van der Waals surface area contributed by atoms with Crippen molar-refractivity contribution < 1.29 is 10.0 Å². The van der Waals surface area contributed by atoms with Crippen molar-refractivity contribution in [2.45, 2.75) is 10.8 Å². The van der Waals surface area contributed by atoms with Gasteiger partial charge in [0.1, 0.15) is 0 Å². The molecular weight excluding hydrogens is 1310 g/mol. The number of nitrogens with zero attached hydrogens (tertiary/aromatic N) is 6. The molecular formula is C92H64BBrN6O2. The lowest BCUT2D eigenvalue weighted by molar-refractivity contribution is 0.425. The van der Waals surface area contributed by atoms with E-state index in [-0.39, 0.29) is 0 Å². The van der Waals surface area contributed by atoms with E-state index in [1.807, 2.05) is 170 Å². The lowest BCUT2D eigenvalue weighted by Crippen LogP contribution is -2.33. The summed E-state index contributed by atoms with van der Waals surface area (Å²) in [6.07, 6.45) is 0. The zero-order valence-electron chi connectivity index (χ0n) is 55.3. The van der Waals surface area contributed by atoms with E-state index in [2.05, 4.69) is 221 Å². The highest BCUT2D eigenvalue weighted by Gasteiger charge is 2.48. The van der Waals surface area contributed by atoms with Crippen molar-refractivity contribution >= 4 is 28.5 Å². The number of hydrogen-bond donors (Lipinski definition) is 2. The molecule has 0 aliphatic heterocycles. The Morgan fingerprint density at radius 3 is 0.794 bits per heavy atom. The van der Waals surface area contributed by atoms with Gasteiger partial charge in [-0.15, -0.1) is 0 Å². The summed E-state index contributed by atoms with van der Waals surface area (Å²) in [5, 5.41) is 19.7. The summed E-state index contributed by atoms with van der Waals surface area (Å²) in [5.41, 5.74) is 22.3. The van der Waals surface area contributed by atoms with Gasteiger partial charge in [0.05, 0.1) is 10.8 Å². The van der Waals surface area contributed by atoms with Crippen molar-refractivity contribution in [3.05, 3.63) is 425 Å². The lowest BCUT2D eigenvalue weighted by Gasteiger charge is -2.34. The van der Waals surface area contributed by atoms with Crippen molar-refractivity contribution in [3.8, 4) is 102 Å². The van der Waals surface area contributed by atoms with E-state index in [1.165, 1.54) is 50.1 Å². The summed E-state index contributed by atoms with van der Waals surface area (Å²) in [6, 6.07) is 130. The summed E-state index contributed by atoms with van der Waals surface area (Å²) in [7, 11) is -1.50. The highest BCUT2D eigenvalue weighted by atomic mass is 79.9. The molecule has 0 radical (unpaired) electrons. The highest BCUT2D eigenvalue weighted by Crippen LogP contribution is 2.58. The Balaban J connectivity index is 0.000000129. The van der Waals surface area contributed by atoms with E-state index in [1.54, 1.807) is 6.07 Å². The summed E-state index contributed by atoms with van der Waals surface area (Å²) >= 11 is 3.47. The molecule has 2 N–H and O–H groups in total. The van der Waals surface area contributed by atoms with Gasteiger partial charge in [0.25, 0.3) is 0 Å². The molecule has 10 heteroatoms. The Hall–Kier alpha value is -12.4. The fourth-order valence-corrected chi connectivity index (χ4v) is 14.8. The number of aromatic nitrogens is 6. The van der Waals surface area contributed by atoms with Crippen molar-refractivity contribution in [2.24, 2.45) is 0 Å². The summed E-state index contributed by atoms with van der Waals surface area (Å²) in [4.78, 5) is 28.8. The second-order valence-corrected chi connectivity index (χ2v) is 26.1. The third-order valence-electron chi connectivity index (χ3n) is 19.2. The van der Waals surface area contributed by atoms with Crippen LogP contribution < -0.4 is 5.46 Å². The van der Waals surface area contributed by atoms with Gasteiger partial charge in [-0.3, -0.25) is 0 Å². The van der Waals surface area contributed by atoms with Crippen LogP contribution in [-0.2, 0) is 10.8 Å². The van der Waals surface area contributed by atoms with Crippen LogP contribution in [-0.4, -0.2) is 47.1 Å². The van der Waals surface area contributed by atoms with E-state index < -0.39 is 17.9 Å². The Labute approximate surface area is 602 Å². The van der Waals surface area contributed by atoms with Crippen LogP contribution in [0.3, 0.4) is 0 Å². The van der Waals surface area contributed by atoms with Gasteiger partial charge in [-0.25, -0.2) is 29.9 Å². The second-order valence-electron chi connectivity index (χ2n) is 25.2. The molecule has 0 saturated heterocycles. The monoisotopic (exact) mass is 1370 g/mol. The summed E-state index contributed by atoms with van der Waals surface area (Å²) in [6.45, 7) is 0. The van der Waals surface area contributed by atoms with Gasteiger partial charge in [0.2, 0.25) is 0 Å². The zero-order valence-corrected chi connectivity index (χ0v) is 56.9. The van der Waals surface area contributed by atoms with E-state index >= 15 is 0 Å². The molecule has 2 aliphatic rings. The van der Waals surface area contributed by atoms with Crippen LogP contribution in [0.1, 0.15) is 44.5 Å². The molecule has 0 unspecified atom stereocenters. The number of rotatable bonds is 12. The first kappa shape index (κ1) is 64.3. The maximum Gasteiger partial charge on any atom is 0.488 e. The van der Waals surface area contributed by atoms with Crippen LogP contribution in [0.2, 0.25) is 0 Å². The molecule has 102 heavy (non-hydrogen) atoms. The Morgan fingerprint density at radius 2 is 0.461 bits per heavy atom. The molecule has 18 rings (SSSR count). The van der Waals surface area contributed by atoms with Crippen LogP contribution in [0.5, 0.6) is 0 Å². The molecule has 2 aliphatic carbocycles. The number of benzene rings is 14. The molecule has 8 nitrogen and oxygen atoms in total. The smallest absolute Gasteiger partial charge is 0.423 e. The van der Waals surface area contributed by atoms with Crippen molar-refractivity contribution in [1.82, 2.24) is 29.9 Å². The summed E-state index contributed by atoms with van der Waals surface area (Å²) < 4.78 is 1.02. The predicted molar refractivity (Wildman–Crippen MR) is 416 cm³/mol. The first-order valence-electron chi connectivity index (χ1n) is 34.0. The van der Waals surface area contributed by atoms with Crippen LogP contribution >= 0.6 is 15.9 Å². The minimum absolute atomic E-state index is 0.434. The first-order valence-corrected chi connectivity index (χ1v) is 34.8. The van der Waals surface area contributed by atoms with Crippen LogP contribution in [0.4, 0.5) is 0 Å². The third kappa shape index (κ3) is 12.2. The van der Waals surface area contributed by atoms with Crippen molar-refractivity contribution in [1.29, 1.82) is 0 Å². The standard InChI is InChI=1S/C46H31N3.C25H19BO2.C21H14BrN3/c1-5-15-33(16-6-1)43-47-44(34-17-7-2-8-18-34)49-45(48-43)35-27-25-32(26-28-35)36-29-30-40-39-23-13-14-24-41(39)46(42(40)31-36,37-19-9-3-10-20-37)38-21-11-4-12-22-38;27-26(28)20-15-16-22-21-13-7-8-14-23(21)25(24(22)17-20,18-9-3-1-4-10-18)19-11-5-2-6-12-19;22-18-13-11-17(12-14-18)21-24-19(15-7-3-1-4-8-15)23-20(25-21)16-9-5-2-6-10-16/h1-31H;1-17,27-28H;1-14H. The van der Waals surface area contributed by atoms with Crippen LogP contribution in [0, 0.1) is 0 Å². The Bertz CT molecular complexity index is 5400. The van der Waals surface area contributed by atoms with Gasteiger partial charge in [-0.05, 0) is 102 Å². The minimum atomic E-state index is -1.50. The van der Waals surface area contributed by atoms with E-state index in [9.17, 15) is 10.0 Å². The van der Waals surface area contributed by atoms with E-state index in [0.717, 1.165) is 65.7 Å². The van der Waals surface area contributed by atoms with Gasteiger partial charge in [-0.2, -0.15) is 0 Å². The molecule has 14 aromatic carbocycles. The minimum Gasteiger partial charge on any atom is -0.423 e. The molecule has 0 amide bonds. The van der Waals surface area contributed by atoms with Gasteiger partial charge in [0, 0.05) is 37.9 Å². The largest absolute Gasteiger partial charge is 0.488 e. The van der Waals surface area contributed by atoms with Gasteiger partial charge in [-0.1, -0.05) is 374 Å². The molecule has 2 heterocycles. The molecule has 0 bridgehead atoms. The molecule has 0 spiro atoms. The topological polar surface area (TPSA) is 118 Å². The van der Waals surface area contributed by atoms with E-state index in [0.29, 0.717) is 40.4 Å². The second kappa shape index (κ2) is 28.4. The molecule has 0 fully saturated rings. The fraction of sp³-hybridized carbons (Fsp3) is 0.0217. The van der Waals surface area contributed by atoms with Crippen LogP contribution in [0.15, 0.2) is 381 Å². The average molecular weight is 1380 g/mol. The molecule has 0 atom stereocenters. The predicted octanol–water partition coefficient (Wildman–Crippen LogP) is 20.3. The number of hydrogen-bond acceptors (Lipinski definition) is 8. The van der Waals surface area contributed by atoms with Gasteiger partial charge >= 0.3 is 7.12 Å². The maximum atomic E-state index is 9.84. The van der Waals surface area contributed by atoms with E-state index in [4.69, 9.17) is 24.9 Å². The molecule has 16 aromatic rings. The average Bonchev–Trinajstić information content (AvgIpc) is 1.59.